The van der Waals surface area contributed by atoms with E-state index in [9.17, 15) is 0 Å². The minimum atomic E-state index is 0.546. The number of hydrogen-bond donors (Lipinski definition) is 0. The molecule has 7 nitrogen and oxygen atoms in total. The molecule has 150 valence electrons. The summed E-state index contributed by atoms with van der Waals surface area (Å²) in [5, 5.41) is 13.1. The van der Waals surface area contributed by atoms with Crippen LogP contribution >= 0.6 is 11.8 Å². The largest absolute Gasteiger partial charge is 0.494 e. The lowest BCUT2D eigenvalue weighted by Gasteiger charge is -2.10. The number of aromatic nitrogens is 3. The van der Waals surface area contributed by atoms with E-state index in [1.165, 1.54) is 11.8 Å². The van der Waals surface area contributed by atoms with Gasteiger partial charge in [-0.05, 0) is 60.3 Å². The van der Waals surface area contributed by atoms with Crippen LogP contribution in [-0.4, -0.2) is 21.8 Å². The Morgan fingerprint density at radius 3 is 2.77 bits per heavy atom. The molecule has 0 fully saturated rings. The van der Waals surface area contributed by atoms with Crippen LogP contribution in [0.5, 0.6) is 5.75 Å². The van der Waals surface area contributed by atoms with Gasteiger partial charge in [0.2, 0.25) is 0 Å². The average molecular weight is 417 g/mol. The molecule has 2 heterocycles. The molecule has 0 aliphatic carbocycles. The van der Waals surface area contributed by atoms with Crippen molar-refractivity contribution in [3.05, 3.63) is 70.7 Å². The second kappa shape index (κ2) is 11.5. The Hall–Kier alpha value is -3.53. The third kappa shape index (κ3) is 6.24. The third-order valence-corrected chi connectivity index (χ3v) is 5.11. The fourth-order valence-corrected chi connectivity index (χ4v) is 3.43. The van der Waals surface area contributed by atoms with E-state index in [1.807, 2.05) is 42.5 Å². The second-order valence-electron chi connectivity index (χ2n) is 6.25. The molecule has 0 atom stereocenters. The van der Waals surface area contributed by atoms with Gasteiger partial charge in [0.15, 0.2) is 0 Å². The molecule has 0 saturated carbocycles. The van der Waals surface area contributed by atoms with E-state index in [4.69, 9.17) is 16.7 Å². The predicted octanol–water partition coefficient (Wildman–Crippen LogP) is 5.96. The van der Waals surface area contributed by atoms with E-state index >= 15 is 0 Å². The summed E-state index contributed by atoms with van der Waals surface area (Å²) in [5.74, 6) is 3.88. The van der Waals surface area contributed by atoms with Gasteiger partial charge in [-0.1, -0.05) is 29.0 Å². The Morgan fingerprint density at radius 2 is 2.03 bits per heavy atom. The van der Waals surface area contributed by atoms with Crippen LogP contribution in [-0.2, 0) is 5.75 Å². The monoisotopic (exact) mass is 416 g/mol. The molecular formula is C22H20N6OS. The first-order valence-corrected chi connectivity index (χ1v) is 10.4. The summed E-state index contributed by atoms with van der Waals surface area (Å²) in [6, 6.07) is 15.0. The Bertz CT molecular complexity index is 1040. The number of hydrogen-bond acceptors (Lipinski definition) is 6. The van der Waals surface area contributed by atoms with Crippen LogP contribution < -0.4 is 4.74 Å². The Morgan fingerprint density at radius 1 is 1.10 bits per heavy atom. The van der Waals surface area contributed by atoms with E-state index in [0.29, 0.717) is 23.8 Å². The first-order valence-electron chi connectivity index (χ1n) is 9.42. The standard InChI is InChI=1S/C22H20N6OS/c1-2-3-4-7-14-29-18-10-9-17(21(15-18)26-28-23)16-30-22-12-11-20(25-27-22)19-8-5-6-13-24-19/h1,5-6,8-13,15H,3-4,7,14,16H2. The van der Waals surface area contributed by atoms with Crippen LogP contribution in [0, 0.1) is 12.3 Å². The molecule has 0 bridgehead atoms. The summed E-state index contributed by atoms with van der Waals surface area (Å²) in [5.41, 5.74) is 11.8. The van der Waals surface area contributed by atoms with Crippen molar-refractivity contribution in [2.75, 3.05) is 6.61 Å². The van der Waals surface area contributed by atoms with Crippen molar-refractivity contribution < 1.29 is 4.74 Å². The quantitative estimate of drug-likeness (QED) is 0.101. The summed E-state index contributed by atoms with van der Waals surface area (Å²) >= 11 is 1.51. The van der Waals surface area contributed by atoms with Crippen LogP contribution in [0.15, 0.2) is 64.9 Å². The zero-order chi connectivity index (χ0) is 21.0. The van der Waals surface area contributed by atoms with Crippen LogP contribution in [0.3, 0.4) is 0 Å². The maximum atomic E-state index is 8.90. The van der Waals surface area contributed by atoms with Crippen molar-refractivity contribution in [3.8, 4) is 29.5 Å². The first-order chi connectivity index (χ1) is 14.8. The SMILES string of the molecule is C#CCCCCOc1ccc(CSc2ccc(-c3ccccn3)nn2)c(N=[N+]=[N-])c1. The van der Waals surface area contributed by atoms with E-state index in [0.717, 1.165) is 41.2 Å². The highest BCUT2D eigenvalue weighted by atomic mass is 32.2. The number of rotatable bonds is 10. The van der Waals surface area contributed by atoms with E-state index in [2.05, 4.69) is 31.1 Å². The lowest BCUT2D eigenvalue weighted by atomic mass is 10.2. The zero-order valence-electron chi connectivity index (χ0n) is 16.3. The van der Waals surface area contributed by atoms with Crippen LogP contribution in [0.2, 0.25) is 0 Å². The average Bonchev–Trinajstić information content (AvgIpc) is 2.79. The molecular weight excluding hydrogens is 396 g/mol. The van der Waals surface area contributed by atoms with Crippen molar-refractivity contribution >= 4 is 17.4 Å². The number of ether oxygens (including phenoxy) is 1. The van der Waals surface area contributed by atoms with Gasteiger partial charge in [-0.25, -0.2) is 0 Å². The fraction of sp³-hybridized carbons (Fsp3) is 0.227. The van der Waals surface area contributed by atoms with Crippen molar-refractivity contribution in [1.82, 2.24) is 15.2 Å². The number of benzene rings is 1. The Balaban J connectivity index is 1.61. The minimum absolute atomic E-state index is 0.546. The molecule has 0 radical (unpaired) electrons. The number of terminal acetylenes is 1. The van der Waals surface area contributed by atoms with Crippen LogP contribution in [0.4, 0.5) is 5.69 Å². The normalized spacial score (nSPS) is 10.1. The number of nitrogens with zero attached hydrogens (tertiary/aromatic N) is 6. The van der Waals surface area contributed by atoms with Gasteiger partial charge in [-0.15, -0.1) is 22.5 Å². The van der Waals surface area contributed by atoms with Gasteiger partial charge in [-0.3, -0.25) is 4.98 Å². The molecule has 0 unspecified atom stereocenters. The van der Waals surface area contributed by atoms with Crippen LogP contribution in [0.1, 0.15) is 24.8 Å². The number of azide groups is 1. The fourth-order valence-electron chi connectivity index (χ4n) is 2.62. The molecule has 1 aromatic carbocycles. The summed E-state index contributed by atoms with van der Waals surface area (Å²) in [6.45, 7) is 0.573. The van der Waals surface area contributed by atoms with E-state index in [-0.39, 0.29) is 0 Å². The van der Waals surface area contributed by atoms with Crippen molar-refractivity contribution in [3.63, 3.8) is 0 Å². The lowest BCUT2D eigenvalue weighted by Crippen LogP contribution is -1.97. The summed E-state index contributed by atoms with van der Waals surface area (Å²) < 4.78 is 5.73. The van der Waals surface area contributed by atoms with Crippen molar-refractivity contribution in [2.45, 2.75) is 30.0 Å². The van der Waals surface area contributed by atoms with Gasteiger partial charge in [-0.2, -0.15) is 0 Å². The molecule has 0 saturated heterocycles. The Labute approximate surface area is 179 Å². The number of unbranched alkanes of at least 4 members (excludes halogenated alkanes) is 2. The second-order valence-corrected chi connectivity index (χ2v) is 7.25. The summed E-state index contributed by atoms with van der Waals surface area (Å²) in [4.78, 5) is 7.20. The van der Waals surface area contributed by atoms with Crippen molar-refractivity contribution in [1.29, 1.82) is 0 Å². The third-order valence-electron chi connectivity index (χ3n) is 4.14. The Kier molecular flexibility index (Phi) is 8.10. The molecule has 8 heteroatoms. The predicted molar refractivity (Wildman–Crippen MR) is 118 cm³/mol. The zero-order valence-corrected chi connectivity index (χ0v) is 17.1. The lowest BCUT2D eigenvalue weighted by molar-refractivity contribution is 0.308. The summed E-state index contributed by atoms with van der Waals surface area (Å²) in [6.07, 6.45) is 9.52. The van der Waals surface area contributed by atoms with Crippen LogP contribution in [0.25, 0.3) is 21.8 Å². The molecule has 0 N–H and O–H groups in total. The molecule has 2 aromatic heterocycles. The van der Waals surface area contributed by atoms with E-state index in [1.54, 1.807) is 12.3 Å². The molecule has 0 spiro atoms. The van der Waals surface area contributed by atoms with Crippen molar-refractivity contribution in [2.24, 2.45) is 5.11 Å². The highest BCUT2D eigenvalue weighted by Crippen LogP contribution is 2.31. The maximum absolute atomic E-state index is 8.90. The summed E-state index contributed by atoms with van der Waals surface area (Å²) in [7, 11) is 0. The topological polar surface area (TPSA) is 96.7 Å². The number of thioether (sulfide) groups is 1. The van der Waals surface area contributed by atoms with E-state index < -0.39 is 0 Å². The first kappa shape index (κ1) is 21.2. The maximum Gasteiger partial charge on any atom is 0.119 e. The molecule has 0 amide bonds. The highest BCUT2D eigenvalue weighted by Gasteiger charge is 2.07. The van der Waals surface area contributed by atoms with Gasteiger partial charge in [0.25, 0.3) is 0 Å². The molecule has 3 aromatic rings. The number of pyridine rings is 1. The molecule has 0 aliphatic heterocycles. The van der Waals surface area contributed by atoms with Gasteiger partial charge < -0.3 is 4.74 Å². The van der Waals surface area contributed by atoms with Gasteiger partial charge in [0, 0.05) is 29.0 Å². The molecule has 0 aliphatic rings. The van der Waals surface area contributed by atoms with Gasteiger partial charge in [0.1, 0.15) is 16.5 Å². The molecule has 3 rings (SSSR count). The molecule has 30 heavy (non-hydrogen) atoms. The minimum Gasteiger partial charge on any atom is -0.494 e. The smallest absolute Gasteiger partial charge is 0.119 e. The van der Waals surface area contributed by atoms with Gasteiger partial charge >= 0.3 is 0 Å². The highest BCUT2D eigenvalue weighted by molar-refractivity contribution is 7.98. The van der Waals surface area contributed by atoms with Gasteiger partial charge in [0.05, 0.1) is 12.3 Å².